The summed E-state index contributed by atoms with van der Waals surface area (Å²) in [4.78, 5) is 12.0. The van der Waals surface area contributed by atoms with Gasteiger partial charge in [0.1, 0.15) is 0 Å². The van der Waals surface area contributed by atoms with Gasteiger partial charge in [0.15, 0.2) is 0 Å². The molecule has 0 heterocycles. The van der Waals surface area contributed by atoms with Gasteiger partial charge in [0.05, 0.1) is 6.61 Å². The predicted molar refractivity (Wildman–Crippen MR) is 79.8 cm³/mol. The van der Waals surface area contributed by atoms with E-state index in [1.165, 1.54) is 0 Å². The summed E-state index contributed by atoms with van der Waals surface area (Å²) in [6.07, 6.45) is 0. The SMILES string of the molecule is COCc1ccccc1CNC(=O)c1ccc(Cl)cc1. The van der Waals surface area contributed by atoms with Crippen LogP contribution in [0.3, 0.4) is 0 Å². The van der Waals surface area contributed by atoms with Gasteiger partial charge in [0.2, 0.25) is 0 Å². The van der Waals surface area contributed by atoms with Crippen LogP contribution in [0.2, 0.25) is 5.02 Å². The second kappa shape index (κ2) is 7.08. The van der Waals surface area contributed by atoms with Crippen molar-refractivity contribution in [2.75, 3.05) is 7.11 Å². The van der Waals surface area contributed by atoms with Crippen molar-refractivity contribution in [3.05, 3.63) is 70.2 Å². The number of methoxy groups -OCH3 is 1. The van der Waals surface area contributed by atoms with Gasteiger partial charge in [-0.2, -0.15) is 0 Å². The molecular formula is C16H16ClNO2. The van der Waals surface area contributed by atoms with Crippen LogP contribution in [0.4, 0.5) is 0 Å². The molecule has 0 fully saturated rings. The zero-order chi connectivity index (χ0) is 14.4. The zero-order valence-electron chi connectivity index (χ0n) is 11.2. The van der Waals surface area contributed by atoms with Crippen molar-refractivity contribution in [3.8, 4) is 0 Å². The van der Waals surface area contributed by atoms with Gasteiger partial charge in [-0.05, 0) is 35.4 Å². The Morgan fingerprint density at radius 1 is 1.10 bits per heavy atom. The third-order valence-electron chi connectivity index (χ3n) is 2.96. The summed E-state index contributed by atoms with van der Waals surface area (Å²) in [7, 11) is 1.66. The van der Waals surface area contributed by atoms with E-state index < -0.39 is 0 Å². The van der Waals surface area contributed by atoms with Crippen LogP contribution in [0.15, 0.2) is 48.5 Å². The van der Waals surface area contributed by atoms with Gasteiger partial charge in [0.25, 0.3) is 5.91 Å². The molecule has 0 unspecified atom stereocenters. The first-order valence-corrected chi connectivity index (χ1v) is 6.68. The van der Waals surface area contributed by atoms with E-state index in [0.29, 0.717) is 23.7 Å². The number of carbonyl (C=O) groups is 1. The summed E-state index contributed by atoms with van der Waals surface area (Å²) in [5.41, 5.74) is 2.72. The minimum Gasteiger partial charge on any atom is -0.380 e. The molecule has 0 saturated carbocycles. The number of hydrogen-bond donors (Lipinski definition) is 1. The van der Waals surface area contributed by atoms with Gasteiger partial charge in [-0.3, -0.25) is 4.79 Å². The standard InChI is InChI=1S/C16H16ClNO2/c1-20-11-14-5-3-2-4-13(14)10-18-16(19)12-6-8-15(17)9-7-12/h2-9H,10-11H2,1H3,(H,18,19). The maximum absolute atomic E-state index is 12.0. The highest BCUT2D eigenvalue weighted by atomic mass is 35.5. The molecule has 0 aliphatic carbocycles. The van der Waals surface area contributed by atoms with Crippen LogP contribution in [-0.4, -0.2) is 13.0 Å². The largest absolute Gasteiger partial charge is 0.380 e. The molecule has 20 heavy (non-hydrogen) atoms. The fourth-order valence-corrected chi connectivity index (χ4v) is 2.03. The summed E-state index contributed by atoms with van der Waals surface area (Å²) in [5.74, 6) is -0.117. The minimum absolute atomic E-state index is 0.117. The van der Waals surface area contributed by atoms with Crippen LogP contribution in [0.25, 0.3) is 0 Å². The van der Waals surface area contributed by atoms with E-state index in [2.05, 4.69) is 5.32 Å². The fraction of sp³-hybridized carbons (Fsp3) is 0.188. The van der Waals surface area contributed by atoms with Crippen LogP contribution < -0.4 is 5.32 Å². The average Bonchev–Trinajstić information content (AvgIpc) is 2.47. The van der Waals surface area contributed by atoms with E-state index >= 15 is 0 Å². The van der Waals surface area contributed by atoms with E-state index in [0.717, 1.165) is 11.1 Å². The van der Waals surface area contributed by atoms with Crippen LogP contribution in [0, 0.1) is 0 Å². The second-order valence-electron chi connectivity index (χ2n) is 4.39. The number of nitrogens with one attached hydrogen (secondary N) is 1. The molecule has 2 aromatic carbocycles. The Hall–Kier alpha value is -1.84. The minimum atomic E-state index is -0.117. The maximum atomic E-state index is 12.0. The summed E-state index contributed by atoms with van der Waals surface area (Å²) in [5, 5.41) is 3.51. The van der Waals surface area contributed by atoms with Gasteiger partial charge in [0, 0.05) is 24.2 Å². The smallest absolute Gasteiger partial charge is 0.251 e. The topological polar surface area (TPSA) is 38.3 Å². The lowest BCUT2D eigenvalue weighted by Crippen LogP contribution is -2.23. The van der Waals surface area contributed by atoms with Crippen molar-refractivity contribution in [2.24, 2.45) is 0 Å². The Labute approximate surface area is 123 Å². The number of carbonyl (C=O) groups excluding carboxylic acids is 1. The van der Waals surface area contributed by atoms with Crippen molar-refractivity contribution < 1.29 is 9.53 Å². The molecule has 0 atom stereocenters. The summed E-state index contributed by atoms with van der Waals surface area (Å²) in [6.45, 7) is 1.01. The molecule has 1 amide bonds. The van der Waals surface area contributed by atoms with E-state index in [1.54, 1.807) is 31.4 Å². The Balaban J connectivity index is 2.01. The van der Waals surface area contributed by atoms with Gasteiger partial charge >= 0.3 is 0 Å². The molecule has 0 spiro atoms. The van der Waals surface area contributed by atoms with Crippen LogP contribution in [0.5, 0.6) is 0 Å². The van der Waals surface area contributed by atoms with Gasteiger partial charge in [-0.25, -0.2) is 0 Å². The van der Waals surface area contributed by atoms with Gasteiger partial charge in [-0.15, -0.1) is 0 Å². The Morgan fingerprint density at radius 2 is 1.75 bits per heavy atom. The summed E-state index contributed by atoms with van der Waals surface area (Å²) < 4.78 is 5.15. The lowest BCUT2D eigenvalue weighted by Gasteiger charge is -2.10. The van der Waals surface area contributed by atoms with E-state index in [-0.39, 0.29) is 5.91 Å². The lowest BCUT2D eigenvalue weighted by molar-refractivity contribution is 0.0950. The normalized spacial score (nSPS) is 10.3. The molecule has 4 heteroatoms. The summed E-state index contributed by atoms with van der Waals surface area (Å²) in [6, 6.07) is 14.7. The summed E-state index contributed by atoms with van der Waals surface area (Å²) >= 11 is 5.80. The number of amides is 1. The average molecular weight is 290 g/mol. The number of ether oxygens (including phenoxy) is 1. The zero-order valence-corrected chi connectivity index (χ0v) is 12.0. The first kappa shape index (κ1) is 14.6. The number of benzene rings is 2. The molecule has 2 aromatic rings. The van der Waals surface area contributed by atoms with Crippen molar-refractivity contribution in [2.45, 2.75) is 13.2 Å². The highest BCUT2D eigenvalue weighted by molar-refractivity contribution is 6.30. The molecule has 3 nitrogen and oxygen atoms in total. The van der Waals surface area contributed by atoms with E-state index in [9.17, 15) is 4.79 Å². The monoisotopic (exact) mass is 289 g/mol. The number of rotatable bonds is 5. The van der Waals surface area contributed by atoms with Crippen molar-refractivity contribution in [1.82, 2.24) is 5.32 Å². The van der Waals surface area contributed by atoms with E-state index in [4.69, 9.17) is 16.3 Å². The molecule has 0 saturated heterocycles. The molecule has 104 valence electrons. The lowest BCUT2D eigenvalue weighted by atomic mass is 10.1. The third kappa shape index (κ3) is 3.83. The van der Waals surface area contributed by atoms with Gasteiger partial charge < -0.3 is 10.1 Å². The quantitative estimate of drug-likeness (QED) is 0.916. The Kier molecular flexibility index (Phi) is 5.16. The number of halogens is 1. The van der Waals surface area contributed by atoms with Crippen LogP contribution in [0.1, 0.15) is 21.5 Å². The van der Waals surface area contributed by atoms with Gasteiger partial charge in [-0.1, -0.05) is 35.9 Å². The molecule has 1 N–H and O–H groups in total. The maximum Gasteiger partial charge on any atom is 0.251 e. The van der Waals surface area contributed by atoms with Crippen molar-refractivity contribution >= 4 is 17.5 Å². The third-order valence-corrected chi connectivity index (χ3v) is 3.22. The van der Waals surface area contributed by atoms with Crippen molar-refractivity contribution in [1.29, 1.82) is 0 Å². The first-order valence-electron chi connectivity index (χ1n) is 6.30. The molecule has 0 aromatic heterocycles. The molecule has 0 bridgehead atoms. The molecule has 0 aliphatic rings. The van der Waals surface area contributed by atoms with Crippen LogP contribution in [-0.2, 0) is 17.9 Å². The fourth-order valence-electron chi connectivity index (χ4n) is 1.91. The Bertz CT molecular complexity index is 581. The molecule has 2 rings (SSSR count). The second-order valence-corrected chi connectivity index (χ2v) is 4.83. The Morgan fingerprint density at radius 3 is 2.40 bits per heavy atom. The highest BCUT2D eigenvalue weighted by Crippen LogP contribution is 2.11. The molecule has 0 aliphatic heterocycles. The van der Waals surface area contributed by atoms with Crippen molar-refractivity contribution in [3.63, 3.8) is 0 Å². The first-order chi connectivity index (χ1) is 9.70. The predicted octanol–water partition coefficient (Wildman–Crippen LogP) is 3.42. The molecule has 0 radical (unpaired) electrons. The van der Waals surface area contributed by atoms with E-state index in [1.807, 2.05) is 24.3 Å². The molecular weight excluding hydrogens is 274 g/mol. The highest BCUT2D eigenvalue weighted by Gasteiger charge is 2.07. The number of hydrogen-bond acceptors (Lipinski definition) is 2. The van der Waals surface area contributed by atoms with Crippen LogP contribution >= 0.6 is 11.6 Å².